The molecule has 0 saturated carbocycles. The third-order valence-corrected chi connectivity index (χ3v) is 5.79. The van der Waals surface area contributed by atoms with Gasteiger partial charge < -0.3 is 10.1 Å². The van der Waals surface area contributed by atoms with Crippen LogP contribution in [0, 0.1) is 0 Å². The third kappa shape index (κ3) is 4.61. The Morgan fingerprint density at radius 1 is 0.931 bits per heavy atom. The zero-order valence-corrected chi connectivity index (χ0v) is 16.7. The topological polar surface area (TPSA) is 102 Å². The molecule has 3 rings (SSSR count). The number of anilines is 1. The standard InChI is InChI=1S/C21H20N2O5S/c1-14(24)23-19-11-12-20(18-6-4-3-5-17(18)19)29(26,27)22-13-15-7-9-16(10-8-15)21(25)28-2/h3-12,22H,13H2,1-2H3,(H,23,24). The van der Waals surface area contributed by atoms with Gasteiger partial charge in [0, 0.05) is 29.9 Å². The van der Waals surface area contributed by atoms with Crippen molar-refractivity contribution in [2.45, 2.75) is 18.4 Å². The van der Waals surface area contributed by atoms with Crippen molar-refractivity contribution in [3.63, 3.8) is 0 Å². The summed E-state index contributed by atoms with van der Waals surface area (Å²) in [5.41, 5.74) is 1.63. The maximum atomic E-state index is 12.9. The number of hydrogen-bond donors (Lipinski definition) is 2. The molecule has 150 valence electrons. The van der Waals surface area contributed by atoms with Gasteiger partial charge >= 0.3 is 5.97 Å². The molecule has 0 unspecified atom stereocenters. The van der Waals surface area contributed by atoms with Crippen LogP contribution in [0.25, 0.3) is 10.8 Å². The van der Waals surface area contributed by atoms with E-state index in [2.05, 4.69) is 14.8 Å². The summed E-state index contributed by atoms with van der Waals surface area (Å²) in [5.74, 6) is -0.692. The SMILES string of the molecule is COC(=O)c1ccc(CNS(=O)(=O)c2ccc(NC(C)=O)c3ccccc23)cc1. The number of carbonyl (C=O) groups is 2. The summed E-state index contributed by atoms with van der Waals surface area (Å²) in [5, 5.41) is 3.85. The van der Waals surface area contributed by atoms with Crippen LogP contribution in [0.4, 0.5) is 5.69 Å². The van der Waals surface area contributed by atoms with Crippen LogP contribution >= 0.6 is 0 Å². The Morgan fingerprint density at radius 3 is 2.21 bits per heavy atom. The number of ether oxygens (including phenoxy) is 1. The van der Waals surface area contributed by atoms with E-state index in [0.29, 0.717) is 27.6 Å². The molecule has 3 aromatic carbocycles. The van der Waals surface area contributed by atoms with Crippen LogP contribution in [0.2, 0.25) is 0 Å². The van der Waals surface area contributed by atoms with E-state index in [0.717, 1.165) is 0 Å². The summed E-state index contributed by atoms with van der Waals surface area (Å²) in [6, 6.07) is 16.5. The fraction of sp³-hybridized carbons (Fsp3) is 0.143. The van der Waals surface area contributed by atoms with Gasteiger partial charge in [-0.05, 0) is 29.8 Å². The van der Waals surface area contributed by atoms with Crippen LogP contribution in [0.3, 0.4) is 0 Å². The highest BCUT2D eigenvalue weighted by Crippen LogP contribution is 2.29. The number of methoxy groups -OCH3 is 1. The van der Waals surface area contributed by atoms with Crippen molar-refractivity contribution in [2.24, 2.45) is 0 Å². The van der Waals surface area contributed by atoms with Crippen LogP contribution in [-0.4, -0.2) is 27.4 Å². The maximum Gasteiger partial charge on any atom is 0.337 e. The molecule has 2 N–H and O–H groups in total. The molecule has 0 atom stereocenters. The smallest absolute Gasteiger partial charge is 0.337 e. The second kappa shape index (κ2) is 8.42. The van der Waals surface area contributed by atoms with Gasteiger partial charge in [0.1, 0.15) is 0 Å². The third-order valence-electron chi connectivity index (χ3n) is 4.33. The summed E-state index contributed by atoms with van der Waals surface area (Å²) in [6.07, 6.45) is 0. The molecule has 29 heavy (non-hydrogen) atoms. The lowest BCUT2D eigenvalue weighted by molar-refractivity contribution is -0.114. The zero-order chi connectivity index (χ0) is 21.0. The fourth-order valence-corrected chi connectivity index (χ4v) is 4.16. The van der Waals surface area contributed by atoms with Crippen molar-refractivity contribution in [1.82, 2.24) is 4.72 Å². The Balaban J connectivity index is 1.87. The lowest BCUT2D eigenvalue weighted by atomic mass is 10.1. The Labute approximate surface area is 168 Å². The summed E-state index contributed by atoms with van der Waals surface area (Å²) in [7, 11) is -2.52. The normalized spacial score (nSPS) is 11.2. The van der Waals surface area contributed by atoms with Crippen LogP contribution < -0.4 is 10.0 Å². The minimum Gasteiger partial charge on any atom is -0.465 e. The highest BCUT2D eigenvalue weighted by molar-refractivity contribution is 7.89. The first-order valence-corrected chi connectivity index (χ1v) is 10.3. The van der Waals surface area contributed by atoms with E-state index in [1.807, 2.05) is 0 Å². The predicted molar refractivity (Wildman–Crippen MR) is 110 cm³/mol. The number of rotatable bonds is 6. The van der Waals surface area contributed by atoms with Gasteiger partial charge in [-0.25, -0.2) is 17.9 Å². The molecule has 0 bridgehead atoms. The molecule has 0 spiro atoms. The van der Waals surface area contributed by atoms with Gasteiger partial charge in [0.15, 0.2) is 0 Å². The van der Waals surface area contributed by atoms with E-state index in [9.17, 15) is 18.0 Å². The minimum atomic E-state index is -3.82. The van der Waals surface area contributed by atoms with E-state index < -0.39 is 16.0 Å². The Kier molecular flexibility index (Phi) is 5.95. The first-order chi connectivity index (χ1) is 13.8. The van der Waals surface area contributed by atoms with Crippen molar-refractivity contribution in [2.75, 3.05) is 12.4 Å². The van der Waals surface area contributed by atoms with Gasteiger partial charge in [-0.15, -0.1) is 0 Å². The predicted octanol–water partition coefficient (Wildman–Crippen LogP) is 3.06. The lowest BCUT2D eigenvalue weighted by Gasteiger charge is -2.13. The van der Waals surface area contributed by atoms with E-state index >= 15 is 0 Å². The average molecular weight is 412 g/mol. The summed E-state index contributed by atoms with van der Waals surface area (Å²) < 4.78 is 33.0. The van der Waals surface area contributed by atoms with Crippen molar-refractivity contribution in [1.29, 1.82) is 0 Å². The van der Waals surface area contributed by atoms with Gasteiger partial charge in [0.25, 0.3) is 0 Å². The molecule has 7 nitrogen and oxygen atoms in total. The molecule has 0 heterocycles. The molecular weight excluding hydrogens is 392 g/mol. The first kappa shape index (κ1) is 20.5. The van der Waals surface area contributed by atoms with Crippen LogP contribution in [0.1, 0.15) is 22.8 Å². The van der Waals surface area contributed by atoms with E-state index in [-0.39, 0.29) is 17.3 Å². The molecule has 0 saturated heterocycles. The molecule has 0 aliphatic carbocycles. The molecule has 0 aliphatic heterocycles. The number of nitrogens with one attached hydrogen (secondary N) is 2. The van der Waals surface area contributed by atoms with E-state index in [1.54, 1.807) is 54.6 Å². The quantitative estimate of drug-likeness (QED) is 0.606. The van der Waals surface area contributed by atoms with Gasteiger partial charge in [0.2, 0.25) is 15.9 Å². The fourth-order valence-electron chi connectivity index (χ4n) is 2.94. The molecule has 0 aliphatic rings. The Morgan fingerprint density at radius 2 is 1.59 bits per heavy atom. The van der Waals surface area contributed by atoms with E-state index in [1.165, 1.54) is 20.1 Å². The van der Waals surface area contributed by atoms with Gasteiger partial charge in [-0.1, -0.05) is 36.4 Å². The highest BCUT2D eigenvalue weighted by Gasteiger charge is 2.19. The largest absolute Gasteiger partial charge is 0.465 e. The number of amides is 1. The molecular formula is C21H20N2O5S. The maximum absolute atomic E-state index is 12.9. The molecule has 1 amide bonds. The molecule has 0 aromatic heterocycles. The minimum absolute atomic E-state index is 0.0611. The Hall–Kier alpha value is -3.23. The number of benzene rings is 3. The van der Waals surface area contributed by atoms with Crippen LogP contribution in [0.5, 0.6) is 0 Å². The number of carbonyl (C=O) groups excluding carboxylic acids is 2. The first-order valence-electron chi connectivity index (χ1n) is 8.78. The van der Waals surface area contributed by atoms with E-state index in [4.69, 9.17) is 0 Å². The van der Waals surface area contributed by atoms with Crippen molar-refractivity contribution >= 4 is 38.4 Å². The molecule has 0 fully saturated rings. The van der Waals surface area contributed by atoms with Crippen molar-refractivity contribution < 1.29 is 22.7 Å². The molecule has 0 radical (unpaired) electrons. The number of hydrogen-bond acceptors (Lipinski definition) is 5. The average Bonchev–Trinajstić information content (AvgIpc) is 2.72. The summed E-state index contributed by atoms with van der Waals surface area (Å²) >= 11 is 0. The van der Waals surface area contributed by atoms with Crippen molar-refractivity contribution in [3.05, 3.63) is 71.8 Å². The number of sulfonamides is 1. The monoisotopic (exact) mass is 412 g/mol. The number of esters is 1. The summed E-state index contributed by atoms with van der Waals surface area (Å²) in [4.78, 5) is 23.0. The van der Waals surface area contributed by atoms with Crippen LogP contribution in [0.15, 0.2) is 65.6 Å². The highest BCUT2D eigenvalue weighted by atomic mass is 32.2. The second-order valence-corrected chi connectivity index (χ2v) is 8.09. The second-order valence-electron chi connectivity index (χ2n) is 6.35. The van der Waals surface area contributed by atoms with Crippen LogP contribution in [-0.2, 0) is 26.1 Å². The Bertz CT molecular complexity index is 1170. The molecule has 8 heteroatoms. The van der Waals surface area contributed by atoms with Gasteiger partial charge in [0.05, 0.1) is 17.6 Å². The van der Waals surface area contributed by atoms with Crippen molar-refractivity contribution in [3.8, 4) is 0 Å². The summed E-state index contributed by atoms with van der Waals surface area (Å²) in [6.45, 7) is 1.46. The number of fused-ring (bicyclic) bond motifs is 1. The van der Waals surface area contributed by atoms with Gasteiger partial charge in [-0.2, -0.15) is 0 Å². The molecule has 3 aromatic rings. The zero-order valence-electron chi connectivity index (χ0n) is 15.9. The lowest BCUT2D eigenvalue weighted by Crippen LogP contribution is -2.23. The van der Waals surface area contributed by atoms with Gasteiger partial charge in [-0.3, -0.25) is 4.79 Å².